The van der Waals surface area contributed by atoms with Crippen LogP contribution in [0, 0.1) is 23.7 Å². The highest BCUT2D eigenvalue weighted by atomic mass is 15.1. The number of rotatable bonds is 5. The van der Waals surface area contributed by atoms with Crippen molar-refractivity contribution in [1.29, 1.82) is 0 Å². The predicted octanol–water partition coefficient (Wildman–Crippen LogP) is 16.9. The summed E-state index contributed by atoms with van der Waals surface area (Å²) in [5.41, 5.74) is 21.9. The van der Waals surface area contributed by atoms with Crippen molar-refractivity contribution in [3.05, 3.63) is 161 Å². The fourth-order valence-corrected chi connectivity index (χ4v) is 14.9. The minimum atomic E-state index is 0.0686. The third-order valence-corrected chi connectivity index (χ3v) is 18.4. The molecule has 63 heavy (non-hydrogen) atoms. The Labute approximate surface area is 378 Å². The SMILES string of the molecule is CC1(C)CCC(C)(C)c2cc(-c3cc4c(cc3N(c3ccc(-c5ccccc5)cc3)c3ccc5c(c3)C(C)(C)CCC5(C)C)C3(c5ccccc5-4)C4CC5CC(C4)CC3C5)ccc21. The Kier molecular flexibility index (Phi) is 8.55. The van der Waals surface area contributed by atoms with Crippen LogP contribution in [-0.4, -0.2) is 0 Å². The molecule has 4 fully saturated rings. The van der Waals surface area contributed by atoms with Gasteiger partial charge in [-0.3, -0.25) is 0 Å². The molecule has 0 radical (unpaired) electrons. The van der Waals surface area contributed by atoms with Crippen molar-refractivity contribution in [3.63, 3.8) is 0 Å². The quantitative estimate of drug-likeness (QED) is 0.167. The van der Waals surface area contributed by atoms with Gasteiger partial charge in [0.05, 0.1) is 5.69 Å². The molecule has 0 saturated heterocycles. The third-order valence-electron chi connectivity index (χ3n) is 18.4. The van der Waals surface area contributed by atoms with Gasteiger partial charge in [0.2, 0.25) is 0 Å². The fraction of sp³-hybridized carbons (Fsp3) is 0.419. The summed E-state index contributed by atoms with van der Waals surface area (Å²) in [5.74, 6) is 3.21. The summed E-state index contributed by atoms with van der Waals surface area (Å²) in [6.45, 7) is 19.8. The highest BCUT2D eigenvalue weighted by Crippen LogP contribution is 2.70. The van der Waals surface area contributed by atoms with E-state index in [0.717, 1.165) is 11.8 Å². The molecule has 13 rings (SSSR count). The van der Waals surface area contributed by atoms with Gasteiger partial charge in [-0.15, -0.1) is 0 Å². The number of nitrogens with zero attached hydrogens (tertiary/aromatic N) is 1. The second-order valence-corrected chi connectivity index (χ2v) is 23.9. The molecule has 6 aromatic carbocycles. The standard InChI is InChI=1S/C62H67N/c1-58(2)26-28-60(5,6)55-35-43(20-24-52(55)58)49-37-50-48-16-12-13-17-51(48)62(44-31-39-30-40(33-44)34-45(62)32-39)54(50)38-57(49)63(46-21-18-42(19-22-46)41-14-10-9-11-15-41)47-23-25-53-56(36-47)61(7,8)29-27-59(53,3)4/h9-25,35-40,44-45H,26-34H2,1-8H3. The highest BCUT2D eigenvalue weighted by Gasteiger charge is 2.61. The Balaban J connectivity index is 1.15. The van der Waals surface area contributed by atoms with Gasteiger partial charge in [-0.05, 0) is 201 Å². The molecule has 0 aliphatic heterocycles. The van der Waals surface area contributed by atoms with Gasteiger partial charge in [0.25, 0.3) is 0 Å². The monoisotopic (exact) mass is 826 g/mol. The van der Waals surface area contributed by atoms with E-state index >= 15 is 0 Å². The van der Waals surface area contributed by atoms with Crippen LogP contribution in [0.25, 0.3) is 33.4 Å². The van der Waals surface area contributed by atoms with Gasteiger partial charge >= 0.3 is 0 Å². The van der Waals surface area contributed by atoms with Crippen molar-refractivity contribution in [2.24, 2.45) is 23.7 Å². The minimum Gasteiger partial charge on any atom is -0.310 e. The van der Waals surface area contributed by atoms with Crippen molar-refractivity contribution in [2.75, 3.05) is 4.90 Å². The summed E-state index contributed by atoms with van der Waals surface area (Å²) in [7, 11) is 0. The van der Waals surface area contributed by atoms with E-state index in [-0.39, 0.29) is 27.1 Å². The average Bonchev–Trinajstić information content (AvgIpc) is 3.56. The molecule has 7 aliphatic carbocycles. The van der Waals surface area contributed by atoms with Gasteiger partial charge in [0, 0.05) is 22.4 Å². The zero-order chi connectivity index (χ0) is 43.3. The Morgan fingerprint density at radius 2 is 0.873 bits per heavy atom. The van der Waals surface area contributed by atoms with Gasteiger partial charge in [0.15, 0.2) is 0 Å². The van der Waals surface area contributed by atoms with Crippen molar-refractivity contribution < 1.29 is 0 Å². The zero-order valence-electron chi connectivity index (χ0n) is 39.2. The largest absolute Gasteiger partial charge is 0.310 e. The Morgan fingerprint density at radius 1 is 0.365 bits per heavy atom. The molecule has 6 aromatic rings. The van der Waals surface area contributed by atoms with Crippen LogP contribution in [0.15, 0.2) is 127 Å². The van der Waals surface area contributed by atoms with E-state index in [1.165, 1.54) is 130 Å². The molecule has 4 bridgehead atoms. The summed E-state index contributed by atoms with van der Waals surface area (Å²) in [6, 6.07) is 50.7. The molecular formula is C62H67N. The van der Waals surface area contributed by atoms with Crippen LogP contribution < -0.4 is 4.90 Å². The molecule has 4 saturated carbocycles. The van der Waals surface area contributed by atoms with Crippen molar-refractivity contribution in [1.82, 2.24) is 0 Å². The highest BCUT2D eigenvalue weighted by molar-refractivity contribution is 5.95. The molecule has 0 atom stereocenters. The van der Waals surface area contributed by atoms with E-state index < -0.39 is 0 Å². The summed E-state index contributed by atoms with van der Waals surface area (Å²) in [5, 5.41) is 0. The summed E-state index contributed by atoms with van der Waals surface area (Å²) in [6.07, 6.45) is 11.8. The number of hydrogen-bond donors (Lipinski definition) is 0. The van der Waals surface area contributed by atoms with Gasteiger partial charge in [0.1, 0.15) is 0 Å². The lowest BCUT2D eigenvalue weighted by atomic mass is 9.43. The van der Waals surface area contributed by atoms with Crippen molar-refractivity contribution >= 4 is 17.1 Å². The van der Waals surface area contributed by atoms with E-state index in [9.17, 15) is 0 Å². The summed E-state index contributed by atoms with van der Waals surface area (Å²) >= 11 is 0. The van der Waals surface area contributed by atoms with Gasteiger partial charge < -0.3 is 4.90 Å². The van der Waals surface area contributed by atoms with Crippen LogP contribution in [0.4, 0.5) is 17.1 Å². The minimum absolute atomic E-state index is 0.0686. The van der Waals surface area contributed by atoms with Crippen LogP contribution in [-0.2, 0) is 27.1 Å². The number of fused-ring (bicyclic) bond motifs is 5. The van der Waals surface area contributed by atoms with E-state index in [1.54, 1.807) is 11.1 Å². The molecule has 0 heterocycles. The Bertz CT molecular complexity index is 2770. The first-order chi connectivity index (χ1) is 30.1. The molecule has 7 aliphatic rings. The second kappa shape index (κ2) is 13.6. The maximum Gasteiger partial charge on any atom is 0.0543 e. The molecule has 0 N–H and O–H groups in total. The first kappa shape index (κ1) is 39.7. The van der Waals surface area contributed by atoms with Crippen LogP contribution >= 0.6 is 0 Å². The normalized spacial score (nSPS) is 27.0. The molecule has 0 amide bonds. The number of benzene rings is 6. The zero-order valence-corrected chi connectivity index (χ0v) is 39.2. The molecule has 1 spiro atoms. The first-order valence-corrected chi connectivity index (χ1v) is 24.7. The van der Waals surface area contributed by atoms with Gasteiger partial charge in [-0.2, -0.15) is 0 Å². The molecule has 1 heteroatoms. The maximum atomic E-state index is 2.76. The number of hydrogen-bond acceptors (Lipinski definition) is 1. The molecule has 1 nitrogen and oxygen atoms in total. The van der Waals surface area contributed by atoms with Crippen LogP contribution in [0.2, 0.25) is 0 Å². The van der Waals surface area contributed by atoms with Crippen molar-refractivity contribution in [3.8, 4) is 33.4 Å². The average molecular weight is 826 g/mol. The van der Waals surface area contributed by atoms with E-state index in [2.05, 4.69) is 188 Å². The van der Waals surface area contributed by atoms with Gasteiger partial charge in [-0.25, -0.2) is 0 Å². The van der Waals surface area contributed by atoms with Crippen LogP contribution in [0.5, 0.6) is 0 Å². The number of anilines is 3. The lowest BCUT2D eigenvalue weighted by Crippen LogP contribution is -2.55. The summed E-state index contributed by atoms with van der Waals surface area (Å²) < 4.78 is 0. The first-order valence-electron chi connectivity index (χ1n) is 24.7. The lowest BCUT2D eigenvalue weighted by Gasteiger charge is -2.61. The second-order valence-electron chi connectivity index (χ2n) is 23.9. The van der Waals surface area contributed by atoms with E-state index in [0.29, 0.717) is 11.8 Å². The van der Waals surface area contributed by atoms with E-state index in [4.69, 9.17) is 0 Å². The maximum absolute atomic E-state index is 2.76. The third kappa shape index (κ3) is 5.86. The van der Waals surface area contributed by atoms with Crippen LogP contribution in [0.1, 0.15) is 147 Å². The fourth-order valence-electron chi connectivity index (χ4n) is 14.9. The van der Waals surface area contributed by atoms with Gasteiger partial charge in [-0.1, -0.05) is 146 Å². The Hall–Kier alpha value is -4.88. The summed E-state index contributed by atoms with van der Waals surface area (Å²) in [4.78, 5) is 2.68. The Morgan fingerprint density at radius 3 is 1.51 bits per heavy atom. The van der Waals surface area contributed by atoms with Crippen LogP contribution in [0.3, 0.4) is 0 Å². The molecule has 0 aromatic heterocycles. The smallest absolute Gasteiger partial charge is 0.0543 e. The van der Waals surface area contributed by atoms with Crippen molar-refractivity contribution in [2.45, 2.75) is 140 Å². The molecule has 0 unspecified atom stereocenters. The molecular weight excluding hydrogens is 759 g/mol. The molecule has 320 valence electrons. The lowest BCUT2D eigenvalue weighted by molar-refractivity contribution is -0.0399. The van der Waals surface area contributed by atoms with E-state index in [1.807, 2.05) is 0 Å². The predicted molar refractivity (Wildman–Crippen MR) is 266 cm³/mol. The topological polar surface area (TPSA) is 3.24 Å².